The quantitative estimate of drug-likeness (QED) is 0.617. The van der Waals surface area contributed by atoms with Crippen LogP contribution < -0.4 is 16.4 Å². The Labute approximate surface area is 164 Å². The average Bonchev–Trinajstić information content (AvgIpc) is 2.70. The number of nitrogens with one attached hydrogen (secondary N) is 2. The number of imide groups is 1. The largest absolute Gasteiger partial charge is 0.351 e. The second kappa shape index (κ2) is 8.97. The number of nitrogens with two attached hydrogens (primary N) is 1. The molecule has 0 aliphatic rings. The summed E-state index contributed by atoms with van der Waals surface area (Å²) in [6.45, 7) is 2.03. The van der Waals surface area contributed by atoms with Crippen LogP contribution in [0, 0.1) is 6.92 Å². The van der Waals surface area contributed by atoms with Gasteiger partial charge in [-0.3, -0.25) is 15.4 Å². The second-order valence-electron chi connectivity index (χ2n) is 6.62. The van der Waals surface area contributed by atoms with E-state index in [1.54, 1.807) is 0 Å². The Bertz CT molecular complexity index is 925. The molecule has 3 rings (SSSR count). The van der Waals surface area contributed by atoms with Crippen LogP contribution in [0.1, 0.15) is 34.3 Å². The summed E-state index contributed by atoms with van der Waals surface area (Å²) in [6, 6.07) is 25.4. The molecule has 5 nitrogen and oxygen atoms in total. The summed E-state index contributed by atoms with van der Waals surface area (Å²) in [7, 11) is 0. The standard InChI is InChI=1S/C23H23N3O2/c1-16-12-14-19(15-13-16)20(17-8-4-2-5-9-17)25-21(22(27)26-23(24)28)18-10-6-3-7-11-18/h2-15,20-21,25H,1H3,(H3,24,26,27,28)/t20-,21+/m0/s1. The van der Waals surface area contributed by atoms with Crippen LogP contribution in [0.3, 0.4) is 0 Å². The first kappa shape index (κ1) is 19.3. The monoisotopic (exact) mass is 373 g/mol. The van der Waals surface area contributed by atoms with Gasteiger partial charge in [-0.2, -0.15) is 0 Å². The normalized spacial score (nSPS) is 12.8. The van der Waals surface area contributed by atoms with E-state index in [0.29, 0.717) is 0 Å². The van der Waals surface area contributed by atoms with Gasteiger partial charge in [0.1, 0.15) is 6.04 Å². The Morgan fingerprint density at radius 2 is 1.25 bits per heavy atom. The van der Waals surface area contributed by atoms with E-state index in [2.05, 4.69) is 10.6 Å². The fourth-order valence-electron chi connectivity index (χ4n) is 3.12. The molecule has 4 N–H and O–H groups in total. The van der Waals surface area contributed by atoms with E-state index in [4.69, 9.17) is 5.73 Å². The summed E-state index contributed by atoms with van der Waals surface area (Å²) in [6.07, 6.45) is 0. The first-order valence-corrected chi connectivity index (χ1v) is 9.07. The van der Waals surface area contributed by atoms with Crippen molar-refractivity contribution in [2.75, 3.05) is 0 Å². The summed E-state index contributed by atoms with van der Waals surface area (Å²) in [5.74, 6) is -0.494. The molecule has 0 aliphatic carbocycles. The number of aryl methyl sites for hydroxylation is 1. The minimum Gasteiger partial charge on any atom is -0.351 e. The third kappa shape index (κ3) is 4.84. The highest BCUT2D eigenvalue weighted by atomic mass is 16.2. The van der Waals surface area contributed by atoms with Crippen molar-refractivity contribution in [1.29, 1.82) is 0 Å². The number of rotatable bonds is 6. The smallest absolute Gasteiger partial charge is 0.318 e. The lowest BCUT2D eigenvalue weighted by molar-refractivity contribution is -0.122. The van der Waals surface area contributed by atoms with Crippen molar-refractivity contribution in [2.45, 2.75) is 19.0 Å². The maximum absolute atomic E-state index is 12.7. The predicted octanol–water partition coefficient (Wildman–Crippen LogP) is 3.61. The van der Waals surface area contributed by atoms with Crippen LogP contribution >= 0.6 is 0 Å². The summed E-state index contributed by atoms with van der Waals surface area (Å²) < 4.78 is 0. The molecule has 0 unspecified atom stereocenters. The zero-order chi connectivity index (χ0) is 19.9. The van der Waals surface area contributed by atoms with E-state index in [0.717, 1.165) is 22.3 Å². The molecule has 3 amide bonds. The van der Waals surface area contributed by atoms with Gasteiger partial charge < -0.3 is 5.73 Å². The second-order valence-corrected chi connectivity index (χ2v) is 6.62. The van der Waals surface area contributed by atoms with Gasteiger partial charge in [-0.25, -0.2) is 4.79 Å². The van der Waals surface area contributed by atoms with Gasteiger partial charge in [0.05, 0.1) is 6.04 Å². The number of primary amides is 1. The SMILES string of the molecule is Cc1ccc([C@@H](N[C@@H](C(=O)NC(N)=O)c2ccccc2)c2ccccc2)cc1. The summed E-state index contributed by atoms with van der Waals surface area (Å²) in [5, 5.41) is 5.60. The van der Waals surface area contributed by atoms with E-state index < -0.39 is 18.0 Å². The first-order chi connectivity index (χ1) is 13.5. The summed E-state index contributed by atoms with van der Waals surface area (Å²) in [4.78, 5) is 24.0. The molecule has 0 bridgehead atoms. The van der Waals surface area contributed by atoms with Crippen molar-refractivity contribution in [1.82, 2.24) is 10.6 Å². The molecule has 0 radical (unpaired) electrons. The number of hydrogen-bond donors (Lipinski definition) is 3. The van der Waals surface area contributed by atoms with Gasteiger partial charge in [0.25, 0.3) is 0 Å². The molecular formula is C23H23N3O2. The van der Waals surface area contributed by atoms with Gasteiger partial charge in [-0.05, 0) is 23.6 Å². The highest BCUT2D eigenvalue weighted by molar-refractivity contribution is 5.96. The number of urea groups is 1. The van der Waals surface area contributed by atoms with Crippen LogP contribution in [0.25, 0.3) is 0 Å². The molecule has 0 fully saturated rings. The van der Waals surface area contributed by atoms with Gasteiger partial charge in [0, 0.05) is 0 Å². The van der Waals surface area contributed by atoms with E-state index in [1.165, 1.54) is 0 Å². The fraction of sp³-hybridized carbons (Fsp3) is 0.130. The zero-order valence-corrected chi connectivity index (χ0v) is 15.6. The molecule has 2 atom stereocenters. The molecule has 0 saturated heterocycles. The van der Waals surface area contributed by atoms with Crippen LogP contribution in [0.5, 0.6) is 0 Å². The molecule has 0 heterocycles. The average molecular weight is 373 g/mol. The van der Waals surface area contributed by atoms with E-state index in [-0.39, 0.29) is 6.04 Å². The van der Waals surface area contributed by atoms with Crippen LogP contribution in [0.2, 0.25) is 0 Å². The van der Waals surface area contributed by atoms with Gasteiger partial charge in [0.15, 0.2) is 0 Å². The number of benzene rings is 3. The van der Waals surface area contributed by atoms with Crippen LogP contribution in [-0.4, -0.2) is 11.9 Å². The first-order valence-electron chi connectivity index (χ1n) is 9.07. The molecule has 0 spiro atoms. The number of carbonyl (C=O) groups is 2. The Kier molecular flexibility index (Phi) is 6.19. The number of hydrogen-bond acceptors (Lipinski definition) is 3. The van der Waals surface area contributed by atoms with Crippen molar-refractivity contribution in [3.63, 3.8) is 0 Å². The topological polar surface area (TPSA) is 84.2 Å². The van der Waals surface area contributed by atoms with Gasteiger partial charge in [-0.15, -0.1) is 0 Å². The lowest BCUT2D eigenvalue weighted by Gasteiger charge is -2.26. The van der Waals surface area contributed by atoms with Crippen molar-refractivity contribution in [2.24, 2.45) is 5.73 Å². The van der Waals surface area contributed by atoms with Crippen molar-refractivity contribution < 1.29 is 9.59 Å². The number of amides is 3. The molecule has 3 aromatic rings. The van der Waals surface area contributed by atoms with Crippen LogP contribution in [0.4, 0.5) is 4.79 Å². The summed E-state index contributed by atoms with van der Waals surface area (Å²) >= 11 is 0. The Balaban J connectivity index is 2.00. The molecule has 0 aromatic heterocycles. The van der Waals surface area contributed by atoms with E-state index in [9.17, 15) is 9.59 Å². The highest BCUT2D eigenvalue weighted by Crippen LogP contribution is 2.26. The van der Waals surface area contributed by atoms with Crippen molar-refractivity contribution in [3.8, 4) is 0 Å². The molecule has 0 saturated carbocycles. The van der Waals surface area contributed by atoms with Gasteiger partial charge in [-0.1, -0.05) is 90.5 Å². The zero-order valence-electron chi connectivity index (χ0n) is 15.6. The molecule has 142 valence electrons. The predicted molar refractivity (Wildman–Crippen MR) is 110 cm³/mol. The third-order valence-corrected chi connectivity index (χ3v) is 4.52. The fourth-order valence-corrected chi connectivity index (χ4v) is 3.12. The lowest BCUT2D eigenvalue weighted by Crippen LogP contribution is -2.44. The molecule has 0 aliphatic heterocycles. The van der Waals surface area contributed by atoms with Crippen LogP contribution in [0.15, 0.2) is 84.9 Å². The maximum Gasteiger partial charge on any atom is 0.318 e. The van der Waals surface area contributed by atoms with Crippen molar-refractivity contribution in [3.05, 3.63) is 107 Å². The minimum absolute atomic E-state index is 0.245. The summed E-state index contributed by atoms with van der Waals surface area (Å²) in [5.41, 5.74) is 9.11. The van der Waals surface area contributed by atoms with Gasteiger partial charge in [0.2, 0.25) is 5.91 Å². The van der Waals surface area contributed by atoms with E-state index >= 15 is 0 Å². The Morgan fingerprint density at radius 1 is 0.750 bits per heavy atom. The Morgan fingerprint density at radius 3 is 1.79 bits per heavy atom. The van der Waals surface area contributed by atoms with Gasteiger partial charge >= 0.3 is 6.03 Å². The molecule has 28 heavy (non-hydrogen) atoms. The molecule has 3 aromatic carbocycles. The minimum atomic E-state index is -0.876. The van der Waals surface area contributed by atoms with E-state index in [1.807, 2.05) is 91.9 Å². The molecular weight excluding hydrogens is 350 g/mol. The maximum atomic E-state index is 12.7. The third-order valence-electron chi connectivity index (χ3n) is 4.52. The Hall–Kier alpha value is -3.44. The highest BCUT2D eigenvalue weighted by Gasteiger charge is 2.26. The number of carbonyl (C=O) groups excluding carboxylic acids is 2. The van der Waals surface area contributed by atoms with Crippen molar-refractivity contribution >= 4 is 11.9 Å². The van der Waals surface area contributed by atoms with Crippen LogP contribution in [-0.2, 0) is 4.79 Å². The molecule has 5 heteroatoms. The lowest BCUT2D eigenvalue weighted by atomic mass is 9.95.